The summed E-state index contributed by atoms with van der Waals surface area (Å²) in [5.41, 5.74) is 1.60. The lowest BCUT2D eigenvalue weighted by molar-refractivity contribution is 0.125. The summed E-state index contributed by atoms with van der Waals surface area (Å²) >= 11 is 0. The maximum atomic E-state index is 13.9. The Hall–Kier alpha value is -1.66. The number of benzene rings is 1. The molecule has 158 valence electrons. The molecule has 1 aromatic rings. The second kappa shape index (κ2) is 11.4. The fraction of sp³-hybridized carbons (Fsp3) is 0.682. The van der Waals surface area contributed by atoms with Gasteiger partial charge in [-0.15, -0.1) is 0 Å². The Balaban J connectivity index is 1.87. The molecule has 1 aliphatic heterocycles. The maximum absolute atomic E-state index is 13.9. The molecule has 0 amide bonds. The molecule has 0 saturated carbocycles. The number of piperazine rings is 1. The molecule has 1 aromatic carbocycles. The first-order valence-corrected chi connectivity index (χ1v) is 10.7. The molecule has 5 nitrogen and oxygen atoms in total. The highest BCUT2D eigenvalue weighted by Gasteiger charge is 2.17. The first kappa shape index (κ1) is 22.6. The highest BCUT2D eigenvalue weighted by atomic mass is 19.1. The topological polar surface area (TPSA) is 42.9 Å². The van der Waals surface area contributed by atoms with Crippen LogP contribution in [0, 0.1) is 18.7 Å². The Bertz CT molecular complexity index is 625. The van der Waals surface area contributed by atoms with Crippen molar-refractivity contribution in [3.63, 3.8) is 0 Å². The van der Waals surface area contributed by atoms with Crippen molar-refractivity contribution in [3.8, 4) is 0 Å². The number of nitrogens with one attached hydrogen (secondary N) is 2. The minimum atomic E-state index is -0.162. The quantitative estimate of drug-likeness (QED) is 0.528. The molecule has 0 bridgehead atoms. The molecule has 6 heteroatoms. The molecule has 1 saturated heterocycles. The van der Waals surface area contributed by atoms with Crippen LogP contribution >= 0.6 is 0 Å². The summed E-state index contributed by atoms with van der Waals surface area (Å²) in [6, 6.07) is 5.39. The van der Waals surface area contributed by atoms with Crippen LogP contribution in [0.25, 0.3) is 0 Å². The molecular formula is C22H38FN5. The summed E-state index contributed by atoms with van der Waals surface area (Å²) < 4.78 is 13.9. The number of hydrogen-bond donors (Lipinski definition) is 2. The second-order valence-corrected chi connectivity index (χ2v) is 7.93. The summed E-state index contributed by atoms with van der Waals surface area (Å²) in [5, 5.41) is 6.71. The minimum absolute atomic E-state index is 0.00896. The number of likely N-dealkylation sites (N-methyl/N-ethyl adjacent to an activating group) is 1. The molecule has 2 N–H and O–H groups in total. The average Bonchev–Trinajstić information content (AvgIpc) is 2.69. The van der Waals surface area contributed by atoms with Gasteiger partial charge in [-0.3, -0.25) is 4.99 Å². The van der Waals surface area contributed by atoms with E-state index in [0.717, 1.165) is 50.8 Å². The van der Waals surface area contributed by atoms with E-state index in [4.69, 9.17) is 4.99 Å². The van der Waals surface area contributed by atoms with E-state index in [1.54, 1.807) is 13.0 Å². The van der Waals surface area contributed by atoms with E-state index in [0.29, 0.717) is 11.5 Å². The molecule has 0 spiro atoms. The first-order chi connectivity index (χ1) is 13.4. The van der Waals surface area contributed by atoms with Gasteiger partial charge in [0.1, 0.15) is 5.82 Å². The van der Waals surface area contributed by atoms with Crippen LogP contribution < -0.4 is 10.6 Å². The van der Waals surface area contributed by atoms with Crippen molar-refractivity contribution in [2.45, 2.75) is 40.7 Å². The Morgan fingerprint density at radius 3 is 2.43 bits per heavy atom. The number of aliphatic imine (C=N–C) groups is 1. The van der Waals surface area contributed by atoms with Gasteiger partial charge in [-0.25, -0.2) is 4.39 Å². The van der Waals surface area contributed by atoms with E-state index in [9.17, 15) is 4.39 Å². The van der Waals surface area contributed by atoms with Crippen molar-refractivity contribution in [2.24, 2.45) is 10.9 Å². The number of rotatable bonds is 8. The van der Waals surface area contributed by atoms with Crippen LogP contribution in [0.2, 0.25) is 0 Å². The van der Waals surface area contributed by atoms with E-state index in [2.05, 4.69) is 41.2 Å². The number of nitrogens with zero attached hydrogens (tertiary/aromatic N) is 3. The maximum Gasteiger partial charge on any atom is 0.191 e. The summed E-state index contributed by atoms with van der Waals surface area (Å²) in [6.45, 7) is 18.8. The predicted octanol–water partition coefficient (Wildman–Crippen LogP) is 3.02. The van der Waals surface area contributed by atoms with Gasteiger partial charge in [0.2, 0.25) is 0 Å². The van der Waals surface area contributed by atoms with Gasteiger partial charge in [0.05, 0.1) is 6.04 Å². The van der Waals surface area contributed by atoms with Gasteiger partial charge in [-0.05, 0) is 50.4 Å². The van der Waals surface area contributed by atoms with Crippen molar-refractivity contribution in [1.29, 1.82) is 0 Å². The van der Waals surface area contributed by atoms with E-state index in [1.165, 1.54) is 13.1 Å². The molecule has 2 unspecified atom stereocenters. The monoisotopic (exact) mass is 391 g/mol. The number of hydrogen-bond acceptors (Lipinski definition) is 3. The van der Waals surface area contributed by atoms with Gasteiger partial charge in [0.15, 0.2) is 5.96 Å². The van der Waals surface area contributed by atoms with Crippen LogP contribution in [0.4, 0.5) is 4.39 Å². The van der Waals surface area contributed by atoms with Crippen LogP contribution in [-0.2, 0) is 0 Å². The van der Waals surface area contributed by atoms with E-state index >= 15 is 0 Å². The van der Waals surface area contributed by atoms with Crippen molar-refractivity contribution >= 4 is 5.96 Å². The molecule has 2 rings (SSSR count). The first-order valence-electron chi connectivity index (χ1n) is 10.7. The molecule has 1 heterocycles. The summed E-state index contributed by atoms with van der Waals surface area (Å²) in [7, 11) is 0. The fourth-order valence-corrected chi connectivity index (χ4v) is 3.52. The zero-order valence-corrected chi connectivity index (χ0v) is 18.3. The molecule has 0 aliphatic carbocycles. The lowest BCUT2D eigenvalue weighted by Crippen LogP contribution is -2.47. The zero-order chi connectivity index (χ0) is 20.5. The number of halogens is 1. The molecule has 2 atom stereocenters. The van der Waals surface area contributed by atoms with Crippen molar-refractivity contribution < 1.29 is 4.39 Å². The Morgan fingerprint density at radius 2 is 1.82 bits per heavy atom. The predicted molar refractivity (Wildman–Crippen MR) is 116 cm³/mol. The molecular weight excluding hydrogens is 353 g/mol. The van der Waals surface area contributed by atoms with E-state index < -0.39 is 0 Å². The third-order valence-corrected chi connectivity index (χ3v) is 5.44. The highest BCUT2D eigenvalue weighted by Crippen LogP contribution is 2.16. The van der Waals surface area contributed by atoms with Gasteiger partial charge in [0.25, 0.3) is 0 Å². The van der Waals surface area contributed by atoms with E-state index in [1.807, 2.05) is 19.1 Å². The van der Waals surface area contributed by atoms with Crippen LogP contribution in [-0.4, -0.2) is 68.1 Å². The normalized spacial score (nSPS) is 18.7. The standard InChI is InChI=1S/C22H38FN5/c1-6-24-22(26-19(5)20-9-8-18(4)21(23)14-20)25-15-17(3)16-28-12-10-27(7-2)11-13-28/h8-9,14,17,19H,6-7,10-13,15-16H2,1-5H3,(H2,24,25,26). The lowest BCUT2D eigenvalue weighted by atomic mass is 10.1. The lowest BCUT2D eigenvalue weighted by Gasteiger charge is -2.35. The molecule has 1 fully saturated rings. The smallest absolute Gasteiger partial charge is 0.191 e. The third-order valence-electron chi connectivity index (χ3n) is 5.44. The van der Waals surface area contributed by atoms with Gasteiger partial charge >= 0.3 is 0 Å². The highest BCUT2D eigenvalue weighted by molar-refractivity contribution is 5.80. The largest absolute Gasteiger partial charge is 0.357 e. The zero-order valence-electron chi connectivity index (χ0n) is 18.3. The number of aryl methyl sites for hydroxylation is 1. The summed E-state index contributed by atoms with van der Waals surface area (Å²) in [4.78, 5) is 9.83. The van der Waals surface area contributed by atoms with Crippen LogP contribution in [0.5, 0.6) is 0 Å². The Kier molecular flexibility index (Phi) is 9.19. The Labute approximate surface area is 170 Å². The van der Waals surface area contributed by atoms with Crippen molar-refractivity contribution in [3.05, 3.63) is 35.1 Å². The van der Waals surface area contributed by atoms with Gasteiger partial charge < -0.3 is 20.4 Å². The van der Waals surface area contributed by atoms with Crippen LogP contribution in [0.3, 0.4) is 0 Å². The Morgan fingerprint density at radius 1 is 1.14 bits per heavy atom. The number of guanidine groups is 1. The van der Waals surface area contributed by atoms with Gasteiger partial charge in [-0.1, -0.05) is 26.0 Å². The van der Waals surface area contributed by atoms with Crippen molar-refractivity contribution in [1.82, 2.24) is 20.4 Å². The van der Waals surface area contributed by atoms with Crippen LogP contribution in [0.1, 0.15) is 44.9 Å². The molecule has 1 aliphatic rings. The molecule has 28 heavy (non-hydrogen) atoms. The summed E-state index contributed by atoms with van der Waals surface area (Å²) in [6.07, 6.45) is 0. The van der Waals surface area contributed by atoms with E-state index in [-0.39, 0.29) is 11.9 Å². The second-order valence-electron chi connectivity index (χ2n) is 7.93. The van der Waals surface area contributed by atoms with Gasteiger partial charge in [-0.2, -0.15) is 0 Å². The molecule has 0 radical (unpaired) electrons. The SMILES string of the molecule is CCNC(=NCC(C)CN1CCN(CC)CC1)NC(C)c1ccc(C)c(F)c1. The fourth-order valence-electron chi connectivity index (χ4n) is 3.52. The minimum Gasteiger partial charge on any atom is -0.357 e. The summed E-state index contributed by atoms with van der Waals surface area (Å²) in [5.74, 6) is 1.12. The molecule has 0 aromatic heterocycles. The van der Waals surface area contributed by atoms with Gasteiger partial charge in [0, 0.05) is 45.8 Å². The third kappa shape index (κ3) is 7.06. The van der Waals surface area contributed by atoms with Crippen LogP contribution in [0.15, 0.2) is 23.2 Å². The van der Waals surface area contributed by atoms with Crippen molar-refractivity contribution in [2.75, 3.05) is 52.4 Å². The average molecular weight is 392 g/mol.